The van der Waals surface area contributed by atoms with Gasteiger partial charge in [0.15, 0.2) is 5.16 Å². The predicted molar refractivity (Wildman–Crippen MR) is 106 cm³/mol. The van der Waals surface area contributed by atoms with E-state index in [-0.39, 0.29) is 23.4 Å². The highest BCUT2D eigenvalue weighted by Crippen LogP contribution is 2.30. The molecular formula is C18H21N3O4S2. The van der Waals surface area contributed by atoms with Gasteiger partial charge in [0.2, 0.25) is 5.91 Å². The van der Waals surface area contributed by atoms with Crippen LogP contribution in [0.3, 0.4) is 0 Å². The number of ether oxygens (including phenoxy) is 1. The first-order chi connectivity index (χ1) is 12.7. The number of anilines is 1. The molecule has 0 fully saturated rings. The number of thioether (sulfide) groups is 1. The van der Waals surface area contributed by atoms with Crippen LogP contribution in [0.15, 0.2) is 27.5 Å². The SMILES string of the molecule is COC(=O)c1ccsc1NC(=O)C1CSc2nc(C(C)(C)C)cc(=O)n2C1. The summed E-state index contributed by atoms with van der Waals surface area (Å²) >= 11 is 2.66. The van der Waals surface area contributed by atoms with Crippen molar-refractivity contribution in [2.24, 2.45) is 5.92 Å². The highest BCUT2D eigenvalue weighted by molar-refractivity contribution is 7.99. The lowest BCUT2D eigenvalue weighted by Gasteiger charge is -2.26. The molecule has 1 atom stereocenters. The number of esters is 1. The summed E-state index contributed by atoms with van der Waals surface area (Å²) in [7, 11) is 1.30. The van der Waals surface area contributed by atoms with Gasteiger partial charge in [0.1, 0.15) is 5.00 Å². The van der Waals surface area contributed by atoms with Crippen LogP contribution in [0.2, 0.25) is 0 Å². The zero-order valence-corrected chi connectivity index (χ0v) is 17.2. The third-order valence-corrected chi connectivity index (χ3v) is 6.21. The van der Waals surface area contributed by atoms with Crippen LogP contribution < -0.4 is 10.9 Å². The Morgan fingerprint density at radius 3 is 2.78 bits per heavy atom. The molecule has 1 aliphatic heterocycles. The lowest BCUT2D eigenvalue weighted by Crippen LogP contribution is -2.37. The molecule has 0 aliphatic carbocycles. The van der Waals surface area contributed by atoms with E-state index < -0.39 is 11.9 Å². The minimum absolute atomic E-state index is 0.152. The lowest BCUT2D eigenvalue weighted by atomic mass is 9.92. The van der Waals surface area contributed by atoms with Gasteiger partial charge in [-0.2, -0.15) is 0 Å². The quantitative estimate of drug-likeness (QED) is 0.622. The van der Waals surface area contributed by atoms with Crippen molar-refractivity contribution < 1.29 is 14.3 Å². The maximum Gasteiger partial charge on any atom is 0.340 e. The van der Waals surface area contributed by atoms with Crippen molar-refractivity contribution in [3.05, 3.63) is 39.1 Å². The smallest absolute Gasteiger partial charge is 0.340 e. The van der Waals surface area contributed by atoms with Gasteiger partial charge in [0.25, 0.3) is 5.56 Å². The van der Waals surface area contributed by atoms with Gasteiger partial charge < -0.3 is 10.1 Å². The van der Waals surface area contributed by atoms with E-state index in [1.165, 1.54) is 30.2 Å². The summed E-state index contributed by atoms with van der Waals surface area (Å²) in [6.45, 7) is 6.30. The number of carbonyl (C=O) groups excluding carboxylic acids is 2. The minimum atomic E-state index is -0.495. The number of aromatic nitrogens is 2. The molecule has 1 unspecified atom stereocenters. The number of fused-ring (bicyclic) bond motifs is 1. The fourth-order valence-electron chi connectivity index (χ4n) is 2.64. The van der Waals surface area contributed by atoms with Crippen molar-refractivity contribution in [2.75, 3.05) is 18.2 Å². The minimum Gasteiger partial charge on any atom is -0.465 e. The number of nitrogens with one attached hydrogen (secondary N) is 1. The standard InChI is InChI=1S/C18H21N3O4S2/c1-18(2,3)12-7-13(22)21-8-10(9-27-17(21)19-12)14(23)20-15-11(5-6-26-15)16(24)25-4/h5-7,10H,8-9H2,1-4H3,(H,20,23). The highest BCUT2D eigenvalue weighted by atomic mass is 32.2. The zero-order chi connectivity index (χ0) is 19.8. The first-order valence-corrected chi connectivity index (χ1v) is 10.3. The molecule has 9 heteroatoms. The summed E-state index contributed by atoms with van der Waals surface area (Å²) in [5, 5.41) is 5.60. The van der Waals surface area contributed by atoms with Gasteiger partial charge in [0, 0.05) is 23.8 Å². The van der Waals surface area contributed by atoms with Crippen molar-refractivity contribution in [1.82, 2.24) is 9.55 Å². The Balaban J connectivity index is 1.78. The molecular weight excluding hydrogens is 386 g/mol. The molecule has 27 heavy (non-hydrogen) atoms. The Hall–Kier alpha value is -2.13. The molecule has 0 bridgehead atoms. The number of hydrogen-bond acceptors (Lipinski definition) is 7. The van der Waals surface area contributed by atoms with Crippen molar-refractivity contribution in [3.63, 3.8) is 0 Å². The zero-order valence-electron chi connectivity index (χ0n) is 15.6. The molecule has 144 valence electrons. The van der Waals surface area contributed by atoms with Crippen molar-refractivity contribution in [1.29, 1.82) is 0 Å². The van der Waals surface area contributed by atoms with Gasteiger partial charge in [-0.15, -0.1) is 11.3 Å². The molecule has 3 heterocycles. The van der Waals surface area contributed by atoms with Crippen LogP contribution in [0, 0.1) is 5.92 Å². The Labute approximate surface area is 165 Å². The molecule has 1 amide bonds. The highest BCUT2D eigenvalue weighted by Gasteiger charge is 2.29. The average Bonchev–Trinajstić information content (AvgIpc) is 3.08. The number of nitrogens with zero attached hydrogens (tertiary/aromatic N) is 2. The first-order valence-electron chi connectivity index (χ1n) is 8.42. The maximum atomic E-state index is 12.7. The van der Waals surface area contributed by atoms with E-state index in [0.717, 1.165) is 5.69 Å². The van der Waals surface area contributed by atoms with Crippen LogP contribution in [0.25, 0.3) is 0 Å². The number of carbonyl (C=O) groups is 2. The fraction of sp³-hybridized carbons (Fsp3) is 0.444. The molecule has 0 saturated heterocycles. The molecule has 7 nitrogen and oxygen atoms in total. The largest absolute Gasteiger partial charge is 0.465 e. The fourth-order valence-corrected chi connectivity index (χ4v) is 4.51. The summed E-state index contributed by atoms with van der Waals surface area (Å²) in [4.78, 5) is 41.5. The first kappa shape index (κ1) is 19.6. The van der Waals surface area contributed by atoms with E-state index in [0.29, 0.717) is 21.5 Å². The molecule has 0 aromatic carbocycles. The Morgan fingerprint density at radius 1 is 1.37 bits per heavy atom. The average molecular weight is 408 g/mol. The van der Waals surface area contributed by atoms with E-state index in [1.54, 1.807) is 22.1 Å². The van der Waals surface area contributed by atoms with Crippen LogP contribution in [-0.2, 0) is 21.5 Å². The summed E-state index contributed by atoms with van der Waals surface area (Å²) in [5.74, 6) is -0.599. The van der Waals surface area contributed by atoms with Gasteiger partial charge in [0.05, 0.1) is 24.3 Å². The van der Waals surface area contributed by atoms with Crippen LogP contribution in [0.1, 0.15) is 36.8 Å². The number of rotatable bonds is 3. The lowest BCUT2D eigenvalue weighted by molar-refractivity contribution is -0.119. The Bertz CT molecular complexity index is 943. The van der Waals surface area contributed by atoms with E-state index in [9.17, 15) is 14.4 Å². The van der Waals surface area contributed by atoms with Crippen LogP contribution in [0.4, 0.5) is 5.00 Å². The molecule has 1 aliphatic rings. The van der Waals surface area contributed by atoms with Crippen LogP contribution in [0.5, 0.6) is 0 Å². The molecule has 2 aromatic heterocycles. The van der Waals surface area contributed by atoms with Crippen molar-refractivity contribution in [3.8, 4) is 0 Å². The van der Waals surface area contributed by atoms with Gasteiger partial charge in [-0.3, -0.25) is 14.2 Å². The molecule has 2 aromatic rings. The Morgan fingerprint density at radius 2 is 2.11 bits per heavy atom. The molecule has 0 saturated carbocycles. The van der Waals surface area contributed by atoms with E-state index >= 15 is 0 Å². The van der Waals surface area contributed by atoms with Gasteiger partial charge >= 0.3 is 5.97 Å². The van der Waals surface area contributed by atoms with Crippen LogP contribution in [-0.4, -0.2) is 34.3 Å². The van der Waals surface area contributed by atoms with Gasteiger partial charge in [-0.1, -0.05) is 32.5 Å². The number of amides is 1. The number of methoxy groups -OCH3 is 1. The summed E-state index contributed by atoms with van der Waals surface area (Å²) < 4.78 is 6.27. The second-order valence-electron chi connectivity index (χ2n) is 7.27. The second-order valence-corrected chi connectivity index (χ2v) is 9.18. The predicted octanol–water partition coefficient (Wildman–Crippen LogP) is 2.75. The third-order valence-electron chi connectivity index (χ3n) is 4.24. The molecule has 3 rings (SSSR count). The van der Waals surface area contributed by atoms with Gasteiger partial charge in [-0.25, -0.2) is 9.78 Å². The number of thiophene rings is 1. The monoisotopic (exact) mass is 407 g/mol. The van der Waals surface area contributed by atoms with Crippen molar-refractivity contribution in [2.45, 2.75) is 37.9 Å². The normalized spacial score (nSPS) is 16.5. The molecule has 0 spiro atoms. The van der Waals surface area contributed by atoms with E-state index in [2.05, 4.69) is 10.3 Å². The van der Waals surface area contributed by atoms with E-state index in [4.69, 9.17) is 4.74 Å². The number of hydrogen-bond donors (Lipinski definition) is 1. The third kappa shape index (κ3) is 4.08. The summed E-state index contributed by atoms with van der Waals surface area (Å²) in [6, 6.07) is 3.15. The second kappa shape index (κ2) is 7.47. The van der Waals surface area contributed by atoms with Crippen LogP contribution >= 0.6 is 23.1 Å². The topological polar surface area (TPSA) is 90.3 Å². The Kier molecular flexibility index (Phi) is 5.43. The molecule has 1 N–H and O–H groups in total. The maximum absolute atomic E-state index is 12.7. The molecule has 0 radical (unpaired) electrons. The summed E-state index contributed by atoms with van der Waals surface area (Å²) in [5.41, 5.74) is 0.706. The van der Waals surface area contributed by atoms with E-state index in [1.807, 2.05) is 20.8 Å². The van der Waals surface area contributed by atoms with Crippen molar-refractivity contribution >= 4 is 40.0 Å². The van der Waals surface area contributed by atoms with Gasteiger partial charge in [-0.05, 0) is 11.4 Å². The summed E-state index contributed by atoms with van der Waals surface area (Å²) in [6.07, 6.45) is 0.